The Hall–Kier alpha value is -0.860. The van der Waals surface area contributed by atoms with Crippen LogP contribution < -0.4 is 15.2 Å². The number of carbonyl (C=O) groups excluding carboxylic acids is 1. The van der Waals surface area contributed by atoms with Crippen molar-refractivity contribution in [2.45, 2.75) is 24.8 Å². The Kier molecular flexibility index (Phi) is 3.53. The molecule has 0 aromatic carbocycles. The van der Waals surface area contributed by atoms with Gasteiger partial charge in [0.05, 0.1) is 7.11 Å². The zero-order valence-corrected chi connectivity index (χ0v) is 9.26. The van der Waals surface area contributed by atoms with Crippen LogP contribution in [0.15, 0.2) is 0 Å². The van der Waals surface area contributed by atoms with Crippen molar-refractivity contribution in [3.63, 3.8) is 0 Å². The first-order valence-corrected chi connectivity index (χ1v) is 5.99. The summed E-state index contributed by atoms with van der Waals surface area (Å²) in [5.74, 6) is 0. The van der Waals surface area contributed by atoms with Gasteiger partial charge in [-0.1, -0.05) is 0 Å². The van der Waals surface area contributed by atoms with E-state index in [2.05, 4.69) is 9.46 Å². The molecule has 1 rings (SSSR count). The van der Waals surface area contributed by atoms with Gasteiger partial charge in [-0.05, 0) is 19.3 Å². The maximum Gasteiger partial charge on any atom is 0.421 e. The van der Waals surface area contributed by atoms with Gasteiger partial charge >= 0.3 is 16.3 Å². The lowest BCUT2D eigenvalue weighted by Gasteiger charge is -2.37. The van der Waals surface area contributed by atoms with E-state index < -0.39 is 21.8 Å². The number of rotatable bonds is 4. The van der Waals surface area contributed by atoms with E-state index in [1.807, 2.05) is 0 Å². The highest BCUT2D eigenvalue weighted by Crippen LogP contribution is 2.28. The number of methoxy groups -OCH3 is 1. The van der Waals surface area contributed by atoms with E-state index in [1.165, 1.54) is 0 Å². The molecule has 0 aromatic rings. The van der Waals surface area contributed by atoms with Gasteiger partial charge in [0, 0.05) is 12.1 Å². The monoisotopic (exact) mass is 237 g/mol. The lowest BCUT2D eigenvalue weighted by atomic mass is 9.78. The minimum absolute atomic E-state index is 0.124. The van der Waals surface area contributed by atoms with Crippen molar-refractivity contribution in [3.05, 3.63) is 0 Å². The van der Waals surface area contributed by atoms with Crippen LogP contribution in [-0.4, -0.2) is 33.7 Å². The maximum atomic E-state index is 11.2. The fourth-order valence-corrected chi connectivity index (χ4v) is 2.09. The minimum atomic E-state index is -3.86. The normalized spacial score (nSPS) is 19.1. The van der Waals surface area contributed by atoms with Crippen molar-refractivity contribution in [3.8, 4) is 0 Å². The summed E-state index contributed by atoms with van der Waals surface area (Å²) < 4.78 is 30.4. The standard InChI is InChI=1S/C7H15N3O4S/c1-14-6(11)10-15(12,13)9-5-7(8)3-2-4-7/h9H,2-5,8H2,1H3,(H,10,11). The first-order valence-electron chi connectivity index (χ1n) is 4.51. The summed E-state index contributed by atoms with van der Waals surface area (Å²) in [5.41, 5.74) is 5.34. The number of hydrogen-bond acceptors (Lipinski definition) is 5. The Labute approximate surface area is 88.5 Å². The maximum absolute atomic E-state index is 11.2. The van der Waals surface area contributed by atoms with Crippen LogP contribution in [-0.2, 0) is 14.9 Å². The van der Waals surface area contributed by atoms with Crippen LogP contribution in [0.3, 0.4) is 0 Å². The second kappa shape index (κ2) is 4.33. The average Bonchev–Trinajstić information content (AvgIpc) is 2.11. The third-order valence-electron chi connectivity index (χ3n) is 2.37. The zero-order valence-electron chi connectivity index (χ0n) is 8.45. The van der Waals surface area contributed by atoms with Crippen LogP contribution in [0.25, 0.3) is 0 Å². The first-order chi connectivity index (χ1) is 6.87. The van der Waals surface area contributed by atoms with E-state index in [1.54, 1.807) is 4.72 Å². The summed E-state index contributed by atoms with van der Waals surface area (Å²) >= 11 is 0. The molecule has 0 heterocycles. The molecule has 0 atom stereocenters. The molecule has 8 heteroatoms. The lowest BCUT2D eigenvalue weighted by molar-refractivity contribution is 0.177. The summed E-state index contributed by atoms with van der Waals surface area (Å²) in [5, 5.41) is 0. The molecule has 1 saturated carbocycles. The molecule has 1 aliphatic carbocycles. The number of carbonyl (C=O) groups is 1. The van der Waals surface area contributed by atoms with Crippen LogP contribution in [0.1, 0.15) is 19.3 Å². The first kappa shape index (κ1) is 12.2. The largest absolute Gasteiger partial charge is 0.452 e. The lowest BCUT2D eigenvalue weighted by Crippen LogP contribution is -2.56. The molecule has 0 bridgehead atoms. The quantitative estimate of drug-likeness (QED) is 0.584. The van der Waals surface area contributed by atoms with Gasteiger partial charge in [0.25, 0.3) is 0 Å². The molecule has 0 saturated heterocycles. The van der Waals surface area contributed by atoms with E-state index in [4.69, 9.17) is 5.73 Å². The molecule has 0 aliphatic heterocycles. The van der Waals surface area contributed by atoms with Crippen molar-refractivity contribution in [2.24, 2.45) is 5.73 Å². The molecule has 7 nitrogen and oxygen atoms in total. The third-order valence-corrected chi connectivity index (χ3v) is 3.33. The van der Waals surface area contributed by atoms with Crippen LogP contribution >= 0.6 is 0 Å². The second-order valence-electron chi connectivity index (χ2n) is 3.63. The number of hydrogen-bond donors (Lipinski definition) is 3. The van der Waals surface area contributed by atoms with Crippen LogP contribution in [0, 0.1) is 0 Å². The minimum Gasteiger partial charge on any atom is -0.452 e. The van der Waals surface area contributed by atoms with Gasteiger partial charge in [0.2, 0.25) is 0 Å². The Balaban J connectivity index is 2.39. The Morgan fingerprint density at radius 2 is 2.13 bits per heavy atom. The van der Waals surface area contributed by atoms with E-state index in [0.717, 1.165) is 26.4 Å². The van der Waals surface area contributed by atoms with Gasteiger partial charge in [0.1, 0.15) is 0 Å². The highest BCUT2D eigenvalue weighted by Gasteiger charge is 2.33. The van der Waals surface area contributed by atoms with Gasteiger partial charge in [-0.3, -0.25) is 0 Å². The molecule has 0 aromatic heterocycles. The Morgan fingerprint density at radius 1 is 1.53 bits per heavy atom. The molecule has 0 spiro atoms. The van der Waals surface area contributed by atoms with E-state index in [0.29, 0.717) is 0 Å². The molecule has 1 amide bonds. The molecule has 0 radical (unpaired) electrons. The molecular weight excluding hydrogens is 222 g/mol. The molecule has 15 heavy (non-hydrogen) atoms. The summed E-state index contributed by atoms with van der Waals surface area (Å²) in [6.45, 7) is 0.124. The Bertz CT molecular complexity index is 336. The second-order valence-corrected chi connectivity index (χ2v) is 5.13. The van der Waals surface area contributed by atoms with Gasteiger partial charge in [-0.15, -0.1) is 0 Å². The SMILES string of the molecule is COC(=O)NS(=O)(=O)NCC1(N)CCC1. The molecule has 1 aliphatic rings. The highest BCUT2D eigenvalue weighted by molar-refractivity contribution is 7.88. The van der Waals surface area contributed by atoms with Crippen molar-refractivity contribution >= 4 is 16.3 Å². The van der Waals surface area contributed by atoms with E-state index in [9.17, 15) is 13.2 Å². The predicted molar refractivity (Wildman–Crippen MR) is 53.2 cm³/mol. The van der Waals surface area contributed by atoms with Gasteiger partial charge < -0.3 is 10.5 Å². The fourth-order valence-electron chi connectivity index (χ4n) is 1.23. The molecule has 4 N–H and O–H groups in total. The van der Waals surface area contributed by atoms with E-state index in [-0.39, 0.29) is 6.54 Å². The van der Waals surface area contributed by atoms with Crippen molar-refractivity contribution < 1.29 is 17.9 Å². The average molecular weight is 237 g/mol. The van der Waals surface area contributed by atoms with Gasteiger partial charge in [0.15, 0.2) is 0 Å². The van der Waals surface area contributed by atoms with Crippen LogP contribution in [0.2, 0.25) is 0 Å². The summed E-state index contributed by atoms with van der Waals surface area (Å²) in [4.78, 5) is 10.7. The predicted octanol–water partition coefficient (Wildman–Crippen LogP) is -0.942. The van der Waals surface area contributed by atoms with Crippen molar-refractivity contribution in [1.29, 1.82) is 0 Å². The smallest absolute Gasteiger partial charge is 0.421 e. The number of nitrogens with two attached hydrogens (primary N) is 1. The molecule has 0 unspecified atom stereocenters. The van der Waals surface area contributed by atoms with Gasteiger partial charge in [-0.2, -0.15) is 13.1 Å². The molecule has 1 fully saturated rings. The van der Waals surface area contributed by atoms with Gasteiger partial charge in [-0.25, -0.2) is 9.52 Å². The summed E-state index contributed by atoms with van der Waals surface area (Å²) in [6, 6.07) is 0. The van der Waals surface area contributed by atoms with E-state index >= 15 is 0 Å². The molecular formula is C7H15N3O4S. The molecule has 88 valence electrons. The zero-order chi connectivity index (χ0) is 11.5. The van der Waals surface area contributed by atoms with Crippen molar-refractivity contribution in [1.82, 2.24) is 9.44 Å². The summed E-state index contributed by atoms with van der Waals surface area (Å²) in [6.07, 6.45) is 1.55. The van der Waals surface area contributed by atoms with Crippen LogP contribution in [0.4, 0.5) is 4.79 Å². The summed E-state index contributed by atoms with van der Waals surface area (Å²) in [7, 11) is -2.77. The third kappa shape index (κ3) is 3.65. The number of nitrogens with one attached hydrogen (secondary N) is 2. The van der Waals surface area contributed by atoms with Crippen molar-refractivity contribution in [2.75, 3.05) is 13.7 Å². The fraction of sp³-hybridized carbons (Fsp3) is 0.857. The van der Waals surface area contributed by atoms with Crippen LogP contribution in [0.5, 0.6) is 0 Å². The highest BCUT2D eigenvalue weighted by atomic mass is 32.2. The topological polar surface area (TPSA) is 111 Å². The number of ether oxygens (including phenoxy) is 1. The Morgan fingerprint density at radius 3 is 2.53 bits per heavy atom. The number of amides is 1.